The Bertz CT molecular complexity index is 323. The molecule has 2 nitrogen and oxygen atoms in total. The number of ether oxygens (including phenoxy) is 1. The zero-order valence-corrected chi connectivity index (χ0v) is 9.71. The lowest BCUT2D eigenvalue weighted by atomic mass is 10.00. The second kappa shape index (κ2) is 3.95. The minimum absolute atomic E-state index is 0.305. The molecular weight excluding hydrogens is 186 g/mol. The third-order valence-corrected chi connectivity index (χ3v) is 3.05. The average molecular weight is 205 g/mol. The van der Waals surface area contributed by atoms with Gasteiger partial charge in [-0.3, -0.25) is 5.32 Å². The molecule has 2 rings (SSSR count). The molecule has 0 spiro atoms. The molecule has 1 aromatic rings. The van der Waals surface area contributed by atoms with E-state index in [0.717, 1.165) is 13.2 Å². The monoisotopic (exact) mass is 205 g/mol. The number of benzene rings is 1. The quantitative estimate of drug-likeness (QED) is 0.760. The van der Waals surface area contributed by atoms with Crippen LogP contribution < -0.4 is 5.32 Å². The van der Waals surface area contributed by atoms with Crippen LogP contribution in [0.25, 0.3) is 0 Å². The van der Waals surface area contributed by atoms with Crippen molar-refractivity contribution < 1.29 is 4.74 Å². The lowest BCUT2D eigenvalue weighted by molar-refractivity contribution is -0.106. The molecule has 0 saturated carbocycles. The van der Waals surface area contributed by atoms with Gasteiger partial charge in [-0.1, -0.05) is 36.8 Å². The highest BCUT2D eigenvalue weighted by atomic mass is 16.5. The number of hydrogen-bond donors (Lipinski definition) is 1. The standard InChI is InChI=1S/C13H19NO/c1-10-4-6-12(7-5-10)13(3)14-8-11(2)9-15-13/h4-7,11,14H,8-9H2,1-3H3. The van der Waals surface area contributed by atoms with Crippen LogP contribution in [0.5, 0.6) is 0 Å². The third-order valence-electron chi connectivity index (χ3n) is 3.05. The van der Waals surface area contributed by atoms with E-state index < -0.39 is 0 Å². The lowest BCUT2D eigenvalue weighted by Crippen LogP contribution is -2.49. The van der Waals surface area contributed by atoms with E-state index in [9.17, 15) is 0 Å². The van der Waals surface area contributed by atoms with Crippen LogP contribution in [0.2, 0.25) is 0 Å². The van der Waals surface area contributed by atoms with Gasteiger partial charge in [0.25, 0.3) is 0 Å². The first-order valence-electron chi connectivity index (χ1n) is 5.56. The van der Waals surface area contributed by atoms with Crippen LogP contribution in [-0.2, 0) is 10.5 Å². The van der Waals surface area contributed by atoms with Crippen molar-refractivity contribution in [2.45, 2.75) is 26.5 Å². The summed E-state index contributed by atoms with van der Waals surface area (Å²) >= 11 is 0. The van der Waals surface area contributed by atoms with E-state index in [0.29, 0.717) is 5.92 Å². The maximum absolute atomic E-state index is 5.89. The molecule has 2 heteroatoms. The Morgan fingerprint density at radius 3 is 2.53 bits per heavy atom. The maximum atomic E-state index is 5.89. The molecule has 82 valence electrons. The first-order valence-corrected chi connectivity index (χ1v) is 5.56. The SMILES string of the molecule is Cc1ccc(C2(C)NCC(C)CO2)cc1. The summed E-state index contributed by atoms with van der Waals surface area (Å²) in [7, 11) is 0. The van der Waals surface area contributed by atoms with Crippen LogP contribution in [0, 0.1) is 12.8 Å². The predicted octanol–water partition coefficient (Wildman–Crippen LogP) is 2.42. The zero-order valence-electron chi connectivity index (χ0n) is 9.71. The van der Waals surface area contributed by atoms with Gasteiger partial charge in [-0.25, -0.2) is 0 Å². The van der Waals surface area contributed by atoms with E-state index in [1.165, 1.54) is 11.1 Å². The number of nitrogens with one attached hydrogen (secondary N) is 1. The van der Waals surface area contributed by atoms with E-state index in [1.54, 1.807) is 0 Å². The van der Waals surface area contributed by atoms with Crippen molar-refractivity contribution in [3.05, 3.63) is 35.4 Å². The Hall–Kier alpha value is -0.860. The number of hydrogen-bond acceptors (Lipinski definition) is 2. The molecule has 0 amide bonds. The second-order valence-corrected chi connectivity index (χ2v) is 4.70. The van der Waals surface area contributed by atoms with Gasteiger partial charge in [0.2, 0.25) is 0 Å². The lowest BCUT2D eigenvalue weighted by Gasteiger charge is -2.38. The summed E-state index contributed by atoms with van der Waals surface area (Å²) in [6, 6.07) is 8.53. The van der Waals surface area contributed by atoms with E-state index >= 15 is 0 Å². The second-order valence-electron chi connectivity index (χ2n) is 4.70. The summed E-state index contributed by atoms with van der Waals surface area (Å²) in [5, 5.41) is 3.46. The van der Waals surface area contributed by atoms with Crippen molar-refractivity contribution in [2.75, 3.05) is 13.2 Å². The van der Waals surface area contributed by atoms with Gasteiger partial charge in [0.1, 0.15) is 5.72 Å². The van der Waals surface area contributed by atoms with Crippen LogP contribution in [0.4, 0.5) is 0 Å². The number of aryl methyl sites for hydroxylation is 1. The highest BCUT2D eigenvalue weighted by Gasteiger charge is 2.31. The fourth-order valence-electron chi connectivity index (χ4n) is 1.84. The van der Waals surface area contributed by atoms with Crippen molar-refractivity contribution in [1.29, 1.82) is 0 Å². The summed E-state index contributed by atoms with van der Waals surface area (Å²) in [5.74, 6) is 0.600. The molecule has 0 aliphatic carbocycles. The fraction of sp³-hybridized carbons (Fsp3) is 0.538. The summed E-state index contributed by atoms with van der Waals surface area (Å²) in [6.07, 6.45) is 0. The third kappa shape index (κ3) is 2.21. The van der Waals surface area contributed by atoms with Crippen LogP contribution in [0.1, 0.15) is 25.0 Å². The van der Waals surface area contributed by atoms with Gasteiger partial charge in [-0.2, -0.15) is 0 Å². The average Bonchev–Trinajstić information content (AvgIpc) is 2.24. The molecule has 0 radical (unpaired) electrons. The molecule has 1 fully saturated rings. The minimum Gasteiger partial charge on any atom is -0.356 e. The molecule has 1 aliphatic rings. The molecule has 1 heterocycles. The van der Waals surface area contributed by atoms with Gasteiger partial charge in [-0.15, -0.1) is 0 Å². The Kier molecular flexibility index (Phi) is 2.81. The first kappa shape index (κ1) is 10.7. The molecule has 0 aromatic heterocycles. The molecule has 1 N–H and O–H groups in total. The Labute approximate surface area is 91.6 Å². The van der Waals surface area contributed by atoms with Crippen LogP contribution in [-0.4, -0.2) is 13.2 Å². The van der Waals surface area contributed by atoms with Crippen molar-refractivity contribution >= 4 is 0 Å². The van der Waals surface area contributed by atoms with E-state index in [2.05, 4.69) is 50.4 Å². The smallest absolute Gasteiger partial charge is 0.142 e. The molecule has 2 unspecified atom stereocenters. The molecular formula is C13H19NO. The van der Waals surface area contributed by atoms with E-state index in [1.807, 2.05) is 0 Å². The van der Waals surface area contributed by atoms with Gasteiger partial charge in [0.15, 0.2) is 0 Å². The van der Waals surface area contributed by atoms with Gasteiger partial charge in [0, 0.05) is 6.54 Å². The largest absolute Gasteiger partial charge is 0.356 e. The Morgan fingerprint density at radius 1 is 1.33 bits per heavy atom. The minimum atomic E-state index is -0.305. The van der Waals surface area contributed by atoms with Crippen molar-refractivity contribution in [1.82, 2.24) is 5.32 Å². The van der Waals surface area contributed by atoms with Gasteiger partial charge in [-0.05, 0) is 25.3 Å². The first-order chi connectivity index (χ1) is 7.10. The highest BCUT2D eigenvalue weighted by Crippen LogP contribution is 2.26. The molecule has 15 heavy (non-hydrogen) atoms. The van der Waals surface area contributed by atoms with Crippen LogP contribution >= 0.6 is 0 Å². The predicted molar refractivity (Wildman–Crippen MR) is 61.6 cm³/mol. The maximum Gasteiger partial charge on any atom is 0.142 e. The van der Waals surface area contributed by atoms with E-state index in [-0.39, 0.29) is 5.72 Å². The summed E-state index contributed by atoms with van der Waals surface area (Å²) in [5.41, 5.74) is 2.19. The van der Waals surface area contributed by atoms with E-state index in [4.69, 9.17) is 4.74 Å². The van der Waals surface area contributed by atoms with Crippen LogP contribution in [0.3, 0.4) is 0 Å². The van der Waals surface area contributed by atoms with Gasteiger partial charge >= 0.3 is 0 Å². The van der Waals surface area contributed by atoms with Crippen molar-refractivity contribution in [3.8, 4) is 0 Å². The zero-order chi connectivity index (χ0) is 10.9. The van der Waals surface area contributed by atoms with Gasteiger partial charge in [0.05, 0.1) is 6.61 Å². The molecule has 1 aromatic carbocycles. The summed E-state index contributed by atoms with van der Waals surface area (Å²) in [6.45, 7) is 8.25. The normalized spacial score (nSPS) is 31.5. The molecule has 2 atom stereocenters. The van der Waals surface area contributed by atoms with Gasteiger partial charge < -0.3 is 4.74 Å². The molecule has 0 bridgehead atoms. The summed E-state index contributed by atoms with van der Waals surface area (Å²) in [4.78, 5) is 0. The number of rotatable bonds is 1. The topological polar surface area (TPSA) is 21.3 Å². The van der Waals surface area contributed by atoms with Crippen molar-refractivity contribution in [2.24, 2.45) is 5.92 Å². The Morgan fingerprint density at radius 2 is 2.00 bits per heavy atom. The van der Waals surface area contributed by atoms with Crippen molar-refractivity contribution in [3.63, 3.8) is 0 Å². The molecule has 1 saturated heterocycles. The fourth-order valence-corrected chi connectivity index (χ4v) is 1.84. The van der Waals surface area contributed by atoms with Crippen LogP contribution in [0.15, 0.2) is 24.3 Å². The summed E-state index contributed by atoms with van der Waals surface area (Å²) < 4.78 is 5.89. The highest BCUT2D eigenvalue weighted by molar-refractivity contribution is 5.26. The Balaban J connectivity index is 2.18. The molecule has 1 aliphatic heterocycles.